The summed E-state index contributed by atoms with van der Waals surface area (Å²) in [4.78, 5) is 6.22. The van der Waals surface area contributed by atoms with Gasteiger partial charge in [0.25, 0.3) is 0 Å². The lowest BCUT2D eigenvalue weighted by atomic mass is 9.91. The number of para-hydroxylation sites is 1. The van der Waals surface area contributed by atoms with Gasteiger partial charge in [0, 0.05) is 35.7 Å². The highest BCUT2D eigenvalue weighted by Gasteiger charge is 2.28. The first-order valence-corrected chi connectivity index (χ1v) is 7.26. The fraction of sp³-hybridized carbons (Fsp3) is 0.529. The Hall–Kier alpha value is -1.28. The van der Waals surface area contributed by atoms with Crippen molar-refractivity contribution in [3.63, 3.8) is 0 Å². The van der Waals surface area contributed by atoms with Crippen LogP contribution in [0.15, 0.2) is 24.3 Å². The monoisotopic (exact) mass is 256 g/mol. The number of aromatic amines is 1. The number of fused-ring (bicyclic) bond motifs is 3. The molecule has 0 fully saturated rings. The lowest BCUT2D eigenvalue weighted by Gasteiger charge is -2.37. The molecule has 0 amide bonds. The smallest absolute Gasteiger partial charge is 0.0459 e. The normalized spacial score (nSPS) is 20.7. The third-order valence-corrected chi connectivity index (χ3v) is 4.06. The van der Waals surface area contributed by atoms with Crippen molar-refractivity contribution in [1.82, 2.24) is 9.88 Å². The van der Waals surface area contributed by atoms with Crippen LogP contribution >= 0.6 is 0 Å². The van der Waals surface area contributed by atoms with Gasteiger partial charge in [-0.25, -0.2) is 0 Å². The van der Waals surface area contributed by atoms with Crippen molar-refractivity contribution in [2.24, 2.45) is 5.41 Å². The second-order valence-corrected chi connectivity index (χ2v) is 7.15. The summed E-state index contributed by atoms with van der Waals surface area (Å²) in [5, 5.41) is 1.42. The molecule has 1 aliphatic rings. The summed E-state index contributed by atoms with van der Waals surface area (Å²) in [6.07, 6.45) is 1.16. The molecular weight excluding hydrogens is 232 g/mol. The molecule has 0 saturated heterocycles. The van der Waals surface area contributed by atoms with Gasteiger partial charge in [0.2, 0.25) is 0 Å². The van der Waals surface area contributed by atoms with Crippen molar-refractivity contribution >= 4 is 10.9 Å². The fourth-order valence-electron chi connectivity index (χ4n) is 3.23. The van der Waals surface area contributed by atoms with Crippen molar-refractivity contribution in [2.75, 3.05) is 6.54 Å². The number of aromatic nitrogens is 1. The van der Waals surface area contributed by atoms with Gasteiger partial charge in [0.15, 0.2) is 0 Å². The van der Waals surface area contributed by atoms with Crippen molar-refractivity contribution in [3.8, 4) is 0 Å². The fourth-order valence-corrected chi connectivity index (χ4v) is 3.23. The zero-order valence-corrected chi connectivity index (χ0v) is 12.5. The van der Waals surface area contributed by atoms with E-state index >= 15 is 0 Å². The van der Waals surface area contributed by atoms with Crippen LogP contribution < -0.4 is 0 Å². The molecule has 0 unspecified atom stereocenters. The maximum Gasteiger partial charge on any atom is 0.0459 e. The highest BCUT2D eigenvalue weighted by molar-refractivity contribution is 5.84. The van der Waals surface area contributed by atoms with Gasteiger partial charge in [-0.05, 0) is 30.4 Å². The number of hydrogen-bond acceptors (Lipinski definition) is 1. The van der Waals surface area contributed by atoms with Crippen molar-refractivity contribution < 1.29 is 0 Å². The van der Waals surface area contributed by atoms with Gasteiger partial charge < -0.3 is 4.98 Å². The predicted molar refractivity (Wildman–Crippen MR) is 81.3 cm³/mol. The molecule has 0 bridgehead atoms. The zero-order chi connectivity index (χ0) is 13.6. The Kier molecular flexibility index (Phi) is 2.94. The highest BCUT2D eigenvalue weighted by Crippen LogP contribution is 2.31. The summed E-state index contributed by atoms with van der Waals surface area (Å²) in [6, 6.07) is 9.32. The van der Waals surface area contributed by atoms with Gasteiger partial charge in [-0.3, -0.25) is 4.90 Å². The number of nitrogens with zero attached hydrogens (tertiary/aromatic N) is 1. The van der Waals surface area contributed by atoms with Gasteiger partial charge in [0.1, 0.15) is 0 Å². The van der Waals surface area contributed by atoms with Crippen LogP contribution in [0.1, 0.15) is 39.0 Å². The van der Waals surface area contributed by atoms with Crippen LogP contribution in [0.3, 0.4) is 0 Å². The zero-order valence-electron chi connectivity index (χ0n) is 12.5. The summed E-state index contributed by atoms with van der Waals surface area (Å²) in [6.45, 7) is 11.5. The van der Waals surface area contributed by atoms with Crippen LogP contribution in [-0.4, -0.2) is 22.5 Å². The minimum atomic E-state index is 0.359. The van der Waals surface area contributed by atoms with E-state index in [1.165, 1.54) is 22.2 Å². The molecule has 0 aliphatic carbocycles. The van der Waals surface area contributed by atoms with Crippen molar-refractivity contribution in [1.29, 1.82) is 0 Å². The maximum absolute atomic E-state index is 3.61. The van der Waals surface area contributed by atoms with E-state index in [-0.39, 0.29) is 0 Å². The minimum Gasteiger partial charge on any atom is -0.357 e. The van der Waals surface area contributed by atoms with E-state index in [0.717, 1.165) is 19.5 Å². The first kappa shape index (κ1) is 12.7. The van der Waals surface area contributed by atoms with E-state index in [1.807, 2.05) is 0 Å². The standard InChI is InChI=1S/C17H24N2/c1-12-9-14-13-7-5-6-8-15(13)18-16(14)10-19(12)11-17(2,3)4/h5-8,12,18H,9-11H2,1-4H3/t12-/m1/s1. The Balaban J connectivity index is 1.95. The number of benzene rings is 1. The van der Waals surface area contributed by atoms with Crippen LogP contribution in [0.5, 0.6) is 0 Å². The number of H-pyrrole nitrogens is 1. The average molecular weight is 256 g/mol. The molecule has 102 valence electrons. The summed E-state index contributed by atoms with van der Waals surface area (Å²) in [7, 11) is 0. The van der Waals surface area contributed by atoms with Gasteiger partial charge in [-0.15, -0.1) is 0 Å². The molecule has 1 atom stereocenters. The van der Waals surface area contributed by atoms with Crippen molar-refractivity contribution in [3.05, 3.63) is 35.5 Å². The molecule has 1 aliphatic heterocycles. The van der Waals surface area contributed by atoms with Gasteiger partial charge in [0.05, 0.1) is 0 Å². The Bertz CT molecular complexity index is 589. The van der Waals surface area contributed by atoms with Gasteiger partial charge >= 0.3 is 0 Å². The SMILES string of the molecule is C[C@@H]1Cc2c([nH]c3ccccc23)CN1CC(C)(C)C. The first-order valence-electron chi connectivity index (χ1n) is 7.26. The number of rotatable bonds is 1. The van der Waals surface area contributed by atoms with Crippen molar-refractivity contribution in [2.45, 2.75) is 46.7 Å². The van der Waals surface area contributed by atoms with Gasteiger partial charge in [-0.1, -0.05) is 39.0 Å². The average Bonchev–Trinajstić information content (AvgIpc) is 2.66. The lowest BCUT2D eigenvalue weighted by Crippen LogP contribution is -2.42. The predicted octanol–water partition coefficient (Wildman–Crippen LogP) is 3.96. The molecule has 1 N–H and O–H groups in total. The Morgan fingerprint density at radius 2 is 2.00 bits per heavy atom. The molecule has 19 heavy (non-hydrogen) atoms. The van der Waals surface area contributed by atoms with E-state index < -0.39 is 0 Å². The molecule has 0 saturated carbocycles. The molecule has 0 spiro atoms. The van der Waals surface area contributed by atoms with E-state index in [1.54, 1.807) is 0 Å². The second-order valence-electron chi connectivity index (χ2n) is 7.15. The molecule has 2 heteroatoms. The van der Waals surface area contributed by atoms with E-state index in [0.29, 0.717) is 11.5 Å². The third kappa shape index (κ3) is 2.42. The largest absolute Gasteiger partial charge is 0.357 e. The summed E-state index contributed by atoms with van der Waals surface area (Å²) in [5.74, 6) is 0. The van der Waals surface area contributed by atoms with Crippen LogP contribution in [0.4, 0.5) is 0 Å². The van der Waals surface area contributed by atoms with Crippen LogP contribution in [-0.2, 0) is 13.0 Å². The summed E-state index contributed by atoms with van der Waals surface area (Å²) >= 11 is 0. The Morgan fingerprint density at radius 1 is 1.26 bits per heavy atom. The van der Waals surface area contributed by atoms with E-state index in [2.05, 4.69) is 61.8 Å². The quantitative estimate of drug-likeness (QED) is 0.818. The van der Waals surface area contributed by atoms with Crippen LogP contribution in [0.2, 0.25) is 0 Å². The van der Waals surface area contributed by atoms with E-state index in [4.69, 9.17) is 0 Å². The molecule has 0 radical (unpaired) electrons. The maximum atomic E-state index is 3.61. The van der Waals surface area contributed by atoms with Gasteiger partial charge in [-0.2, -0.15) is 0 Å². The second kappa shape index (κ2) is 4.38. The highest BCUT2D eigenvalue weighted by atomic mass is 15.2. The first-order chi connectivity index (χ1) is 8.94. The van der Waals surface area contributed by atoms with E-state index in [9.17, 15) is 0 Å². The number of nitrogens with one attached hydrogen (secondary N) is 1. The minimum absolute atomic E-state index is 0.359. The molecule has 1 aromatic heterocycles. The van der Waals surface area contributed by atoms with Crippen LogP contribution in [0, 0.1) is 5.41 Å². The molecular formula is C17H24N2. The summed E-state index contributed by atoms with van der Waals surface area (Å²) in [5.41, 5.74) is 4.60. The molecule has 2 heterocycles. The molecule has 2 nitrogen and oxygen atoms in total. The molecule has 3 rings (SSSR count). The molecule has 2 aromatic rings. The third-order valence-electron chi connectivity index (χ3n) is 4.06. The Morgan fingerprint density at radius 3 is 2.74 bits per heavy atom. The number of hydrogen-bond donors (Lipinski definition) is 1. The molecule has 1 aromatic carbocycles. The lowest BCUT2D eigenvalue weighted by molar-refractivity contribution is 0.126. The topological polar surface area (TPSA) is 19.0 Å². The summed E-state index contributed by atoms with van der Waals surface area (Å²) < 4.78 is 0. The van der Waals surface area contributed by atoms with Crippen LogP contribution in [0.25, 0.3) is 10.9 Å². The Labute approximate surface area is 115 Å².